The zero-order valence-electron chi connectivity index (χ0n) is 12.2. The van der Waals surface area contributed by atoms with E-state index in [1.54, 1.807) is 24.3 Å². The van der Waals surface area contributed by atoms with Gasteiger partial charge in [-0.05, 0) is 37.3 Å². The van der Waals surface area contributed by atoms with Gasteiger partial charge >= 0.3 is 0 Å². The van der Waals surface area contributed by atoms with Crippen LogP contribution in [-0.4, -0.2) is 17.3 Å². The summed E-state index contributed by atoms with van der Waals surface area (Å²) in [6, 6.07) is 9.87. The number of nitrogens with one attached hydrogen (secondary N) is 1. The highest BCUT2D eigenvalue weighted by Crippen LogP contribution is 2.23. The Morgan fingerprint density at radius 2 is 1.90 bits per heavy atom. The molecule has 21 heavy (non-hydrogen) atoms. The lowest BCUT2D eigenvalue weighted by Gasteiger charge is -2.29. The number of amides is 1. The zero-order valence-corrected chi connectivity index (χ0v) is 13.0. The Bertz CT molecular complexity index is 658. The summed E-state index contributed by atoms with van der Waals surface area (Å²) in [5, 5.41) is 4.11. The van der Waals surface area contributed by atoms with Crippen molar-refractivity contribution in [1.82, 2.24) is 5.32 Å². The molecule has 0 aliphatic heterocycles. The molecular formula is C17H19ClFNO. The fourth-order valence-corrected chi connectivity index (χ4v) is 2.76. The summed E-state index contributed by atoms with van der Waals surface area (Å²) in [4.78, 5) is 12.5. The summed E-state index contributed by atoms with van der Waals surface area (Å²) < 4.78 is 13.8. The highest BCUT2D eigenvalue weighted by molar-refractivity contribution is 6.18. The number of alkyl halides is 1. The van der Waals surface area contributed by atoms with E-state index in [4.69, 9.17) is 11.6 Å². The third-order valence-electron chi connectivity index (χ3n) is 3.96. The van der Waals surface area contributed by atoms with Crippen LogP contribution in [0, 0.1) is 5.82 Å². The van der Waals surface area contributed by atoms with Crippen LogP contribution in [0.1, 0.15) is 37.0 Å². The van der Waals surface area contributed by atoms with E-state index in [-0.39, 0.29) is 17.3 Å². The molecule has 0 saturated carbocycles. The summed E-state index contributed by atoms with van der Waals surface area (Å²) in [6.07, 6.45) is 1.47. The summed E-state index contributed by atoms with van der Waals surface area (Å²) in [5.74, 6) is -0.0313. The number of benzene rings is 2. The molecule has 112 valence electrons. The number of carbonyl (C=O) groups excluding carboxylic acids is 1. The Hall–Kier alpha value is -1.61. The lowest BCUT2D eigenvalue weighted by Crippen LogP contribution is -2.45. The van der Waals surface area contributed by atoms with E-state index in [9.17, 15) is 9.18 Å². The second-order valence-corrected chi connectivity index (χ2v) is 5.83. The molecule has 0 spiro atoms. The van der Waals surface area contributed by atoms with Crippen molar-refractivity contribution in [2.45, 2.75) is 32.2 Å². The van der Waals surface area contributed by atoms with E-state index in [0.717, 1.165) is 6.42 Å². The molecule has 0 bridgehead atoms. The molecule has 0 aliphatic carbocycles. The Kier molecular flexibility index (Phi) is 4.84. The number of carbonyl (C=O) groups is 1. The van der Waals surface area contributed by atoms with Crippen molar-refractivity contribution in [1.29, 1.82) is 0 Å². The molecule has 2 aromatic rings. The first-order valence-electron chi connectivity index (χ1n) is 7.06. The van der Waals surface area contributed by atoms with Gasteiger partial charge in [-0.1, -0.05) is 31.2 Å². The SMILES string of the molecule is CCC(C)(CCCl)NC(=O)c1ccc(F)c2ccccc12. The van der Waals surface area contributed by atoms with Crippen LogP contribution >= 0.6 is 11.6 Å². The van der Waals surface area contributed by atoms with Crippen LogP contribution in [0.3, 0.4) is 0 Å². The second kappa shape index (κ2) is 6.44. The maximum Gasteiger partial charge on any atom is 0.252 e. The van der Waals surface area contributed by atoms with Gasteiger partial charge in [0.05, 0.1) is 0 Å². The predicted octanol–water partition coefficient (Wildman–Crippen LogP) is 4.51. The molecule has 0 aromatic heterocycles. The normalized spacial score (nSPS) is 13.9. The lowest BCUT2D eigenvalue weighted by molar-refractivity contribution is 0.0903. The molecule has 0 fully saturated rings. The molecule has 4 heteroatoms. The first-order valence-corrected chi connectivity index (χ1v) is 7.60. The lowest BCUT2D eigenvalue weighted by atomic mass is 9.94. The third-order valence-corrected chi connectivity index (χ3v) is 4.15. The van der Waals surface area contributed by atoms with Crippen LogP contribution in [0.2, 0.25) is 0 Å². The summed E-state index contributed by atoms with van der Waals surface area (Å²) >= 11 is 5.81. The molecule has 2 nitrogen and oxygen atoms in total. The fourth-order valence-electron chi connectivity index (χ4n) is 2.34. The minimum atomic E-state index is -0.353. The monoisotopic (exact) mass is 307 g/mol. The highest BCUT2D eigenvalue weighted by atomic mass is 35.5. The van der Waals surface area contributed by atoms with Gasteiger partial charge in [-0.25, -0.2) is 4.39 Å². The van der Waals surface area contributed by atoms with E-state index in [1.807, 2.05) is 13.8 Å². The van der Waals surface area contributed by atoms with Crippen LogP contribution in [0.4, 0.5) is 4.39 Å². The molecule has 0 saturated heterocycles. The van der Waals surface area contributed by atoms with Gasteiger partial charge in [0.2, 0.25) is 0 Å². The van der Waals surface area contributed by atoms with Gasteiger partial charge in [0.25, 0.3) is 5.91 Å². The molecule has 1 atom stereocenters. The summed E-state index contributed by atoms with van der Waals surface area (Å²) in [5.41, 5.74) is 0.134. The Morgan fingerprint density at radius 3 is 2.52 bits per heavy atom. The van der Waals surface area contributed by atoms with Crippen LogP contribution in [-0.2, 0) is 0 Å². The van der Waals surface area contributed by atoms with Gasteiger partial charge < -0.3 is 5.32 Å². The van der Waals surface area contributed by atoms with Gasteiger partial charge in [0.15, 0.2) is 0 Å². The summed E-state index contributed by atoms with van der Waals surface area (Å²) in [7, 11) is 0. The van der Waals surface area contributed by atoms with E-state index in [1.165, 1.54) is 12.1 Å². The maximum atomic E-state index is 13.8. The number of halogens is 2. The van der Waals surface area contributed by atoms with E-state index in [2.05, 4.69) is 5.32 Å². The van der Waals surface area contributed by atoms with E-state index < -0.39 is 0 Å². The van der Waals surface area contributed by atoms with Crippen molar-refractivity contribution in [2.24, 2.45) is 0 Å². The minimum absolute atomic E-state index is 0.194. The van der Waals surface area contributed by atoms with E-state index >= 15 is 0 Å². The molecule has 1 unspecified atom stereocenters. The highest BCUT2D eigenvalue weighted by Gasteiger charge is 2.25. The molecule has 1 amide bonds. The van der Waals surface area contributed by atoms with Crippen molar-refractivity contribution in [3.05, 3.63) is 47.8 Å². The minimum Gasteiger partial charge on any atom is -0.347 e. The van der Waals surface area contributed by atoms with Gasteiger partial charge in [-0.3, -0.25) is 4.79 Å². The average molecular weight is 308 g/mol. The van der Waals surface area contributed by atoms with E-state index in [0.29, 0.717) is 28.6 Å². The van der Waals surface area contributed by atoms with Gasteiger partial charge in [-0.2, -0.15) is 0 Å². The quantitative estimate of drug-likeness (QED) is 0.809. The molecular weight excluding hydrogens is 289 g/mol. The van der Waals surface area contributed by atoms with Crippen molar-refractivity contribution in [3.8, 4) is 0 Å². The van der Waals surface area contributed by atoms with Crippen LogP contribution < -0.4 is 5.32 Å². The number of fused-ring (bicyclic) bond motifs is 1. The molecule has 2 rings (SSSR count). The Balaban J connectivity index is 2.38. The summed E-state index contributed by atoms with van der Waals surface area (Å²) in [6.45, 7) is 3.98. The first kappa shape index (κ1) is 15.8. The maximum absolute atomic E-state index is 13.8. The number of hydrogen-bond acceptors (Lipinski definition) is 1. The predicted molar refractivity (Wildman–Crippen MR) is 85.4 cm³/mol. The molecule has 1 N–H and O–H groups in total. The standard InChI is InChI=1S/C17H19ClFNO/c1-3-17(2,10-11-18)20-16(21)14-8-9-15(19)13-7-5-4-6-12(13)14/h4-9H,3,10-11H2,1-2H3,(H,20,21). The Morgan fingerprint density at radius 1 is 1.24 bits per heavy atom. The first-order chi connectivity index (χ1) is 10.0. The van der Waals surface area contributed by atoms with Gasteiger partial charge in [0.1, 0.15) is 5.82 Å². The van der Waals surface area contributed by atoms with Crippen molar-refractivity contribution >= 4 is 28.3 Å². The molecule has 2 aromatic carbocycles. The topological polar surface area (TPSA) is 29.1 Å². The second-order valence-electron chi connectivity index (χ2n) is 5.45. The largest absolute Gasteiger partial charge is 0.347 e. The molecule has 0 aliphatic rings. The van der Waals surface area contributed by atoms with Gasteiger partial charge in [-0.15, -0.1) is 11.6 Å². The molecule has 0 radical (unpaired) electrons. The van der Waals surface area contributed by atoms with Crippen LogP contribution in [0.15, 0.2) is 36.4 Å². The van der Waals surface area contributed by atoms with Crippen molar-refractivity contribution in [2.75, 3.05) is 5.88 Å². The van der Waals surface area contributed by atoms with Crippen LogP contribution in [0.25, 0.3) is 10.8 Å². The average Bonchev–Trinajstić information content (AvgIpc) is 2.48. The zero-order chi connectivity index (χ0) is 15.5. The fraction of sp³-hybridized carbons (Fsp3) is 0.353. The van der Waals surface area contributed by atoms with Gasteiger partial charge in [0, 0.05) is 22.4 Å². The third kappa shape index (κ3) is 3.35. The smallest absolute Gasteiger partial charge is 0.252 e. The van der Waals surface area contributed by atoms with Crippen LogP contribution in [0.5, 0.6) is 0 Å². The molecule has 0 heterocycles. The Labute approximate surface area is 129 Å². The van der Waals surface area contributed by atoms with Crippen molar-refractivity contribution in [3.63, 3.8) is 0 Å². The number of hydrogen-bond donors (Lipinski definition) is 1. The number of rotatable bonds is 5. The van der Waals surface area contributed by atoms with Crippen molar-refractivity contribution < 1.29 is 9.18 Å².